The smallest absolute Gasteiger partial charge is 0.236 e. The first-order chi connectivity index (χ1) is 17.8. The third-order valence-electron chi connectivity index (χ3n) is 6.98. The Balaban J connectivity index is 1.56. The maximum Gasteiger partial charge on any atom is 0.236 e. The van der Waals surface area contributed by atoms with E-state index in [1.165, 1.54) is 6.07 Å². The minimum Gasteiger partial charge on any atom is -0.367 e. The van der Waals surface area contributed by atoms with Crippen molar-refractivity contribution in [2.24, 2.45) is 5.92 Å². The van der Waals surface area contributed by atoms with E-state index in [9.17, 15) is 18.8 Å². The van der Waals surface area contributed by atoms with E-state index < -0.39 is 5.82 Å². The van der Waals surface area contributed by atoms with Crippen LogP contribution >= 0.6 is 11.6 Å². The standard InChI is InChI=1S/C28H28ClFN4O3/c1-32(2)15-26(36)33-7-9-34(10-8-33)27-20-11-18(19-12-23(29)22(16-35)24(30)13-19)5-6-25(20)31-14-21(27)28(37)17-3-4-17/h5-6,11-14,16-17H,3-4,7-10,15H2,1-2H3. The van der Waals surface area contributed by atoms with Gasteiger partial charge in [0.2, 0.25) is 5.91 Å². The number of hydrogen-bond acceptors (Lipinski definition) is 6. The highest BCUT2D eigenvalue weighted by Gasteiger charge is 2.34. The predicted octanol–water partition coefficient (Wildman–Crippen LogP) is 4.31. The highest BCUT2D eigenvalue weighted by molar-refractivity contribution is 6.33. The van der Waals surface area contributed by atoms with Crippen molar-refractivity contribution in [2.75, 3.05) is 51.7 Å². The second kappa shape index (κ2) is 10.2. The molecule has 2 aromatic carbocycles. The SMILES string of the molecule is CN(C)CC(=O)N1CCN(c2c(C(=O)C3CC3)cnc3ccc(-c4cc(F)c(C=O)c(Cl)c4)cc23)CC1. The highest BCUT2D eigenvalue weighted by Crippen LogP contribution is 2.39. The molecule has 5 rings (SSSR count). The molecule has 7 nitrogen and oxygen atoms in total. The molecule has 9 heteroatoms. The second-order valence-electron chi connectivity index (χ2n) is 9.97. The van der Waals surface area contributed by atoms with Gasteiger partial charge < -0.3 is 14.7 Å². The minimum absolute atomic E-state index is 0.0212. The number of fused-ring (bicyclic) bond motifs is 1. The van der Waals surface area contributed by atoms with Crippen molar-refractivity contribution in [2.45, 2.75) is 12.8 Å². The first-order valence-electron chi connectivity index (χ1n) is 12.4. The van der Waals surface area contributed by atoms with E-state index in [4.69, 9.17) is 11.6 Å². The van der Waals surface area contributed by atoms with Crippen LogP contribution in [0.15, 0.2) is 36.5 Å². The summed E-state index contributed by atoms with van der Waals surface area (Å²) in [7, 11) is 3.74. The minimum atomic E-state index is -0.688. The van der Waals surface area contributed by atoms with Crippen LogP contribution in [0.5, 0.6) is 0 Å². The van der Waals surface area contributed by atoms with Crippen molar-refractivity contribution in [3.8, 4) is 11.1 Å². The molecule has 2 aliphatic rings. The quantitative estimate of drug-likeness (QED) is 0.340. The molecule has 37 heavy (non-hydrogen) atoms. The van der Waals surface area contributed by atoms with Crippen LogP contribution in [0.3, 0.4) is 0 Å². The number of ketones is 1. The van der Waals surface area contributed by atoms with E-state index >= 15 is 0 Å². The zero-order valence-corrected chi connectivity index (χ0v) is 21.6. The van der Waals surface area contributed by atoms with Gasteiger partial charge in [0, 0.05) is 43.7 Å². The van der Waals surface area contributed by atoms with Gasteiger partial charge in [0.05, 0.1) is 33.9 Å². The number of carbonyl (C=O) groups is 3. The van der Waals surface area contributed by atoms with Gasteiger partial charge in [0.25, 0.3) is 0 Å². The Bertz CT molecular complexity index is 1370. The van der Waals surface area contributed by atoms with Gasteiger partial charge in [0.15, 0.2) is 12.1 Å². The molecule has 1 saturated carbocycles. The van der Waals surface area contributed by atoms with Crippen LogP contribution in [0.25, 0.3) is 22.0 Å². The number of halogens is 2. The van der Waals surface area contributed by atoms with Crippen molar-refractivity contribution in [1.82, 2.24) is 14.8 Å². The molecule has 0 N–H and O–H groups in total. The summed E-state index contributed by atoms with van der Waals surface area (Å²) in [6.45, 7) is 2.64. The van der Waals surface area contributed by atoms with E-state index in [1.54, 1.807) is 12.3 Å². The molecule has 2 heterocycles. The highest BCUT2D eigenvalue weighted by atomic mass is 35.5. The molecule has 1 amide bonds. The average molecular weight is 523 g/mol. The molecular formula is C28H28ClFN4O3. The fourth-order valence-electron chi connectivity index (χ4n) is 4.86. The fourth-order valence-corrected chi connectivity index (χ4v) is 5.11. The molecule has 0 bridgehead atoms. The summed E-state index contributed by atoms with van der Waals surface area (Å²) >= 11 is 6.16. The number of aromatic nitrogens is 1. The number of piperazine rings is 1. The molecule has 1 aliphatic carbocycles. The summed E-state index contributed by atoms with van der Waals surface area (Å²) in [4.78, 5) is 47.5. The van der Waals surface area contributed by atoms with Gasteiger partial charge in [-0.15, -0.1) is 0 Å². The number of likely N-dealkylation sites (N-methyl/N-ethyl adjacent to an activating group) is 1. The molecule has 0 radical (unpaired) electrons. The molecule has 0 atom stereocenters. The summed E-state index contributed by atoms with van der Waals surface area (Å²) in [5.41, 5.74) is 3.16. The van der Waals surface area contributed by atoms with Crippen LogP contribution in [0.4, 0.5) is 10.1 Å². The van der Waals surface area contributed by atoms with E-state index in [-0.39, 0.29) is 28.2 Å². The van der Waals surface area contributed by atoms with Gasteiger partial charge in [-0.3, -0.25) is 19.4 Å². The van der Waals surface area contributed by atoms with Crippen LogP contribution in [0.2, 0.25) is 5.02 Å². The maximum atomic E-state index is 14.5. The molecule has 3 aromatic rings. The fraction of sp³-hybridized carbons (Fsp3) is 0.357. The summed E-state index contributed by atoms with van der Waals surface area (Å²) in [6.07, 6.45) is 3.83. The molecule has 0 unspecified atom stereocenters. The number of rotatable bonds is 7. The average Bonchev–Trinajstić information content (AvgIpc) is 3.72. The lowest BCUT2D eigenvalue weighted by molar-refractivity contribution is -0.132. The Morgan fingerprint density at radius 3 is 2.46 bits per heavy atom. The zero-order valence-electron chi connectivity index (χ0n) is 20.8. The number of benzene rings is 2. The van der Waals surface area contributed by atoms with Gasteiger partial charge >= 0.3 is 0 Å². The van der Waals surface area contributed by atoms with E-state index in [0.29, 0.717) is 61.2 Å². The van der Waals surface area contributed by atoms with Gasteiger partial charge in [-0.05, 0) is 62.3 Å². The molecule has 2 fully saturated rings. The number of nitrogens with zero attached hydrogens (tertiary/aromatic N) is 4. The molecule has 1 saturated heterocycles. The Morgan fingerprint density at radius 1 is 1.11 bits per heavy atom. The lowest BCUT2D eigenvalue weighted by atomic mass is 9.97. The van der Waals surface area contributed by atoms with E-state index in [0.717, 1.165) is 23.9 Å². The van der Waals surface area contributed by atoms with E-state index in [1.807, 2.05) is 42.1 Å². The first kappa shape index (κ1) is 25.3. The lowest BCUT2D eigenvalue weighted by Gasteiger charge is -2.37. The number of amides is 1. The number of aldehydes is 1. The number of hydrogen-bond donors (Lipinski definition) is 0. The first-order valence-corrected chi connectivity index (χ1v) is 12.7. The third-order valence-corrected chi connectivity index (χ3v) is 7.30. The monoisotopic (exact) mass is 522 g/mol. The van der Waals surface area contributed by atoms with Crippen molar-refractivity contribution in [3.05, 3.63) is 58.5 Å². The number of anilines is 1. The summed E-state index contributed by atoms with van der Waals surface area (Å²) in [5.74, 6) is -0.496. The van der Waals surface area contributed by atoms with E-state index in [2.05, 4.69) is 9.88 Å². The Kier molecular flexibility index (Phi) is 6.96. The normalized spacial score (nSPS) is 15.9. The molecule has 1 aliphatic heterocycles. The zero-order chi connectivity index (χ0) is 26.3. The second-order valence-corrected chi connectivity index (χ2v) is 10.4. The Hall–Kier alpha value is -3.36. The van der Waals surface area contributed by atoms with Crippen molar-refractivity contribution in [3.63, 3.8) is 0 Å². The van der Waals surface area contributed by atoms with Crippen LogP contribution < -0.4 is 4.90 Å². The van der Waals surface area contributed by atoms with Crippen LogP contribution in [0.1, 0.15) is 33.6 Å². The van der Waals surface area contributed by atoms with Crippen LogP contribution in [-0.4, -0.2) is 79.6 Å². The topological polar surface area (TPSA) is 73.8 Å². The molecular weight excluding hydrogens is 495 g/mol. The Labute approximate surface area is 219 Å². The number of Topliss-reactive ketones (excluding diaryl/α,β-unsaturated/α-hetero) is 1. The van der Waals surface area contributed by atoms with Crippen molar-refractivity contribution >= 4 is 46.2 Å². The van der Waals surface area contributed by atoms with Crippen LogP contribution in [-0.2, 0) is 4.79 Å². The maximum absolute atomic E-state index is 14.5. The predicted molar refractivity (Wildman–Crippen MR) is 142 cm³/mol. The number of carbonyl (C=O) groups excluding carboxylic acids is 3. The van der Waals surface area contributed by atoms with Gasteiger partial charge in [-0.1, -0.05) is 17.7 Å². The van der Waals surface area contributed by atoms with Crippen LogP contribution in [0, 0.1) is 11.7 Å². The molecule has 0 spiro atoms. The molecule has 192 valence electrons. The van der Waals surface area contributed by atoms with Crippen molar-refractivity contribution in [1.29, 1.82) is 0 Å². The number of pyridine rings is 1. The van der Waals surface area contributed by atoms with Gasteiger partial charge in [-0.25, -0.2) is 4.39 Å². The van der Waals surface area contributed by atoms with Gasteiger partial charge in [-0.2, -0.15) is 0 Å². The summed E-state index contributed by atoms with van der Waals surface area (Å²) in [5, 5.41) is 0.827. The lowest BCUT2D eigenvalue weighted by Crippen LogP contribution is -2.51. The largest absolute Gasteiger partial charge is 0.367 e. The van der Waals surface area contributed by atoms with Gasteiger partial charge in [0.1, 0.15) is 5.82 Å². The summed E-state index contributed by atoms with van der Waals surface area (Å²) < 4.78 is 14.5. The van der Waals surface area contributed by atoms with Crippen molar-refractivity contribution < 1.29 is 18.8 Å². The Morgan fingerprint density at radius 2 is 1.84 bits per heavy atom. The summed E-state index contributed by atoms with van der Waals surface area (Å²) in [6, 6.07) is 8.42. The third kappa shape index (κ3) is 5.08. The molecule has 1 aromatic heterocycles.